The summed E-state index contributed by atoms with van der Waals surface area (Å²) >= 11 is 1.44. The van der Waals surface area contributed by atoms with Gasteiger partial charge in [0.1, 0.15) is 5.01 Å². The summed E-state index contributed by atoms with van der Waals surface area (Å²) in [5.74, 6) is -0.128. The second kappa shape index (κ2) is 9.08. The molecule has 7 heteroatoms. The van der Waals surface area contributed by atoms with Gasteiger partial charge < -0.3 is 5.32 Å². The van der Waals surface area contributed by atoms with E-state index < -0.39 is 0 Å². The number of carbonyl (C=O) groups excluding carboxylic acids is 1. The summed E-state index contributed by atoms with van der Waals surface area (Å²) in [6.45, 7) is 1.83. The zero-order valence-corrected chi connectivity index (χ0v) is 16.4. The standard InChI is InChI=1S/C20H20N4OS.ClH/c25-19(16-7-8-17-13-21-11-10-15(17)12-16)22-20-24-23-18(26-20)9-6-14-4-2-1-3-5-14;/h1-5,7-8,12,21H,6,9-11,13H2,(H,22,24,25);1H. The third-order valence-corrected chi connectivity index (χ3v) is 5.41. The van der Waals surface area contributed by atoms with Gasteiger partial charge in [-0.25, -0.2) is 0 Å². The number of nitrogens with one attached hydrogen (secondary N) is 2. The van der Waals surface area contributed by atoms with Gasteiger partial charge in [-0.2, -0.15) is 0 Å². The number of carbonyl (C=O) groups is 1. The molecule has 4 rings (SSSR count). The maximum absolute atomic E-state index is 12.5. The van der Waals surface area contributed by atoms with Crippen LogP contribution >= 0.6 is 23.7 Å². The second-order valence-corrected chi connectivity index (χ2v) is 7.41. The molecule has 2 N–H and O–H groups in total. The molecule has 140 valence electrons. The lowest BCUT2D eigenvalue weighted by Gasteiger charge is -2.17. The van der Waals surface area contributed by atoms with Crippen LogP contribution in [0.3, 0.4) is 0 Å². The molecule has 1 aliphatic heterocycles. The van der Waals surface area contributed by atoms with Crippen LogP contribution in [0.25, 0.3) is 0 Å². The van der Waals surface area contributed by atoms with Gasteiger partial charge in [-0.1, -0.05) is 47.7 Å². The predicted molar refractivity (Wildman–Crippen MR) is 111 cm³/mol. The van der Waals surface area contributed by atoms with Crippen molar-refractivity contribution in [3.05, 3.63) is 75.8 Å². The summed E-state index contributed by atoms with van der Waals surface area (Å²) in [5, 5.41) is 16.0. The first-order valence-electron chi connectivity index (χ1n) is 8.78. The highest BCUT2D eigenvalue weighted by atomic mass is 35.5. The lowest BCUT2D eigenvalue weighted by molar-refractivity contribution is 0.102. The van der Waals surface area contributed by atoms with Crippen LogP contribution in [0.4, 0.5) is 5.13 Å². The average Bonchev–Trinajstić information content (AvgIpc) is 3.14. The molecule has 0 unspecified atom stereocenters. The van der Waals surface area contributed by atoms with Crippen molar-refractivity contribution in [1.82, 2.24) is 15.5 Å². The van der Waals surface area contributed by atoms with Gasteiger partial charge in [-0.15, -0.1) is 22.6 Å². The molecule has 0 saturated heterocycles. The minimum Gasteiger partial charge on any atom is -0.312 e. The Bertz CT molecular complexity index is 913. The zero-order chi connectivity index (χ0) is 17.8. The smallest absolute Gasteiger partial charge is 0.257 e. The third kappa shape index (κ3) is 4.91. The molecule has 1 aliphatic rings. The first-order valence-corrected chi connectivity index (χ1v) is 9.60. The fourth-order valence-corrected chi connectivity index (χ4v) is 3.82. The van der Waals surface area contributed by atoms with E-state index in [9.17, 15) is 4.79 Å². The Labute approximate surface area is 168 Å². The molecule has 0 bridgehead atoms. The fourth-order valence-electron chi connectivity index (χ4n) is 3.09. The largest absolute Gasteiger partial charge is 0.312 e. The molecule has 0 spiro atoms. The number of hydrogen-bond acceptors (Lipinski definition) is 5. The zero-order valence-electron chi connectivity index (χ0n) is 14.8. The van der Waals surface area contributed by atoms with Crippen molar-refractivity contribution in [3.8, 4) is 0 Å². The second-order valence-electron chi connectivity index (χ2n) is 6.35. The summed E-state index contributed by atoms with van der Waals surface area (Å²) in [6, 6.07) is 16.2. The molecule has 1 amide bonds. The van der Waals surface area contributed by atoms with Crippen LogP contribution < -0.4 is 10.6 Å². The molecule has 0 saturated carbocycles. The number of rotatable bonds is 5. The van der Waals surface area contributed by atoms with E-state index in [0.29, 0.717) is 10.7 Å². The summed E-state index contributed by atoms with van der Waals surface area (Å²) in [5.41, 5.74) is 4.47. The van der Waals surface area contributed by atoms with Crippen molar-refractivity contribution in [1.29, 1.82) is 0 Å². The van der Waals surface area contributed by atoms with Crippen LogP contribution in [-0.4, -0.2) is 22.6 Å². The average molecular weight is 401 g/mol. The molecular formula is C20H21ClN4OS. The van der Waals surface area contributed by atoms with Gasteiger partial charge in [0.05, 0.1) is 0 Å². The van der Waals surface area contributed by atoms with Crippen LogP contribution in [0, 0.1) is 0 Å². The van der Waals surface area contributed by atoms with E-state index in [1.165, 1.54) is 28.0 Å². The van der Waals surface area contributed by atoms with Crippen LogP contribution in [0.5, 0.6) is 0 Å². The number of hydrogen-bond donors (Lipinski definition) is 2. The Kier molecular flexibility index (Phi) is 6.55. The Morgan fingerprint density at radius 1 is 1.07 bits per heavy atom. The Balaban J connectivity index is 0.00000210. The summed E-state index contributed by atoms with van der Waals surface area (Å²) in [4.78, 5) is 12.5. The first-order chi connectivity index (χ1) is 12.8. The van der Waals surface area contributed by atoms with Crippen molar-refractivity contribution in [3.63, 3.8) is 0 Å². The fraction of sp³-hybridized carbons (Fsp3) is 0.250. The van der Waals surface area contributed by atoms with Gasteiger partial charge in [0.2, 0.25) is 5.13 Å². The van der Waals surface area contributed by atoms with Gasteiger partial charge >= 0.3 is 0 Å². The molecule has 0 fully saturated rings. The van der Waals surface area contributed by atoms with E-state index in [4.69, 9.17) is 0 Å². The molecule has 2 aromatic carbocycles. The van der Waals surface area contributed by atoms with E-state index in [-0.39, 0.29) is 18.3 Å². The third-order valence-electron chi connectivity index (χ3n) is 4.51. The maximum atomic E-state index is 12.5. The van der Waals surface area contributed by atoms with Gasteiger partial charge in [0.25, 0.3) is 5.91 Å². The topological polar surface area (TPSA) is 66.9 Å². The van der Waals surface area contributed by atoms with E-state index >= 15 is 0 Å². The molecule has 27 heavy (non-hydrogen) atoms. The van der Waals surface area contributed by atoms with Crippen molar-refractivity contribution in [2.24, 2.45) is 0 Å². The minimum atomic E-state index is -0.128. The van der Waals surface area contributed by atoms with Crippen molar-refractivity contribution < 1.29 is 4.79 Å². The van der Waals surface area contributed by atoms with Crippen LogP contribution in [0.15, 0.2) is 48.5 Å². The van der Waals surface area contributed by atoms with Gasteiger partial charge in [0, 0.05) is 18.5 Å². The molecule has 0 atom stereocenters. The molecule has 3 aromatic rings. The van der Waals surface area contributed by atoms with Crippen LogP contribution in [0.2, 0.25) is 0 Å². The van der Waals surface area contributed by atoms with Crippen LogP contribution in [0.1, 0.15) is 32.1 Å². The Hall–Kier alpha value is -2.28. The summed E-state index contributed by atoms with van der Waals surface area (Å²) in [6.07, 6.45) is 2.70. The quantitative estimate of drug-likeness (QED) is 0.686. The lowest BCUT2D eigenvalue weighted by Crippen LogP contribution is -2.24. The van der Waals surface area contributed by atoms with E-state index in [1.54, 1.807) is 0 Å². The number of aryl methyl sites for hydroxylation is 2. The summed E-state index contributed by atoms with van der Waals surface area (Å²) < 4.78 is 0. The van der Waals surface area contributed by atoms with E-state index in [0.717, 1.165) is 37.4 Å². The van der Waals surface area contributed by atoms with Gasteiger partial charge in [-0.3, -0.25) is 10.1 Å². The van der Waals surface area contributed by atoms with Crippen LogP contribution in [-0.2, 0) is 25.8 Å². The SMILES string of the molecule is Cl.O=C(Nc1nnc(CCc2ccccc2)s1)c1ccc2c(c1)CCNC2. The number of anilines is 1. The van der Waals surface area contributed by atoms with Crippen molar-refractivity contribution >= 4 is 34.8 Å². The number of benzene rings is 2. The molecular weight excluding hydrogens is 380 g/mol. The number of amides is 1. The monoisotopic (exact) mass is 400 g/mol. The predicted octanol–water partition coefficient (Wildman–Crippen LogP) is 3.64. The number of fused-ring (bicyclic) bond motifs is 1. The molecule has 5 nitrogen and oxygen atoms in total. The van der Waals surface area contributed by atoms with Crippen molar-refractivity contribution in [2.75, 3.05) is 11.9 Å². The Morgan fingerprint density at radius 3 is 2.78 bits per heavy atom. The normalized spacial score (nSPS) is 12.7. The van der Waals surface area contributed by atoms with Gasteiger partial charge in [0.15, 0.2) is 0 Å². The highest BCUT2D eigenvalue weighted by molar-refractivity contribution is 7.15. The molecule has 0 radical (unpaired) electrons. The van der Waals surface area contributed by atoms with E-state index in [2.05, 4.69) is 33.0 Å². The van der Waals surface area contributed by atoms with Gasteiger partial charge in [-0.05, 0) is 48.2 Å². The molecule has 0 aliphatic carbocycles. The van der Waals surface area contributed by atoms with Crippen molar-refractivity contribution in [2.45, 2.75) is 25.8 Å². The lowest BCUT2D eigenvalue weighted by atomic mass is 9.98. The number of halogens is 1. The maximum Gasteiger partial charge on any atom is 0.257 e. The highest BCUT2D eigenvalue weighted by Crippen LogP contribution is 2.20. The molecule has 2 heterocycles. The first kappa shape index (κ1) is 19.5. The number of aromatic nitrogens is 2. The Morgan fingerprint density at radius 2 is 1.93 bits per heavy atom. The highest BCUT2D eigenvalue weighted by Gasteiger charge is 2.14. The summed E-state index contributed by atoms with van der Waals surface area (Å²) in [7, 11) is 0. The van der Waals surface area contributed by atoms with E-state index in [1.807, 2.05) is 36.4 Å². The number of nitrogens with zero attached hydrogens (tertiary/aromatic N) is 2. The minimum absolute atomic E-state index is 0. The molecule has 1 aromatic heterocycles.